The van der Waals surface area contributed by atoms with Crippen LogP contribution < -0.4 is 10.5 Å². The van der Waals surface area contributed by atoms with Crippen molar-refractivity contribution in [1.82, 2.24) is 14.6 Å². The second-order valence-electron chi connectivity index (χ2n) is 6.22. The molecule has 2 aromatic carbocycles. The summed E-state index contributed by atoms with van der Waals surface area (Å²) in [6, 6.07) is 13.4. The molecule has 28 heavy (non-hydrogen) atoms. The Labute approximate surface area is 166 Å². The van der Waals surface area contributed by atoms with Gasteiger partial charge in [-0.15, -0.1) is 0 Å². The lowest BCUT2D eigenvalue weighted by Gasteiger charge is -2.13. The molecule has 0 amide bonds. The zero-order chi connectivity index (χ0) is 19.9. The third-order valence-corrected chi connectivity index (χ3v) is 6.23. The Morgan fingerprint density at radius 1 is 1.14 bits per heavy atom. The molecular formula is C19H16ClN5O2S. The maximum Gasteiger partial charge on any atom is 0.263 e. The molecule has 0 fully saturated rings. The number of halogens is 1. The molecule has 0 unspecified atom stereocenters. The lowest BCUT2D eigenvalue weighted by atomic mass is 10.0. The van der Waals surface area contributed by atoms with E-state index in [1.807, 2.05) is 13.0 Å². The number of nitrogens with zero attached hydrogens (tertiary/aromatic N) is 3. The Hall–Kier alpha value is -3.10. The van der Waals surface area contributed by atoms with E-state index in [9.17, 15) is 8.42 Å². The highest BCUT2D eigenvalue weighted by atomic mass is 35.5. The number of benzene rings is 2. The van der Waals surface area contributed by atoms with Crippen LogP contribution in [0, 0.1) is 6.92 Å². The number of rotatable bonds is 4. The molecule has 3 N–H and O–H groups in total. The highest BCUT2D eigenvalue weighted by molar-refractivity contribution is 7.92. The SMILES string of the molecule is Cc1cc(-c2cnc3ccnn3c2N)ccc1NS(=O)(=O)c1ccccc1Cl. The molecule has 2 aromatic heterocycles. The molecule has 0 spiro atoms. The van der Waals surface area contributed by atoms with E-state index in [4.69, 9.17) is 17.3 Å². The maximum atomic E-state index is 12.7. The number of aromatic nitrogens is 3. The lowest BCUT2D eigenvalue weighted by molar-refractivity contribution is 0.601. The van der Waals surface area contributed by atoms with Gasteiger partial charge in [0.15, 0.2) is 5.65 Å². The number of hydrogen-bond donors (Lipinski definition) is 2. The molecule has 0 aliphatic carbocycles. The van der Waals surface area contributed by atoms with Crippen molar-refractivity contribution >= 4 is 38.8 Å². The van der Waals surface area contributed by atoms with Crippen molar-refractivity contribution in [2.45, 2.75) is 11.8 Å². The van der Waals surface area contributed by atoms with Crippen LogP contribution in [0.1, 0.15) is 5.56 Å². The zero-order valence-electron chi connectivity index (χ0n) is 14.8. The molecule has 4 aromatic rings. The van der Waals surface area contributed by atoms with Crippen molar-refractivity contribution in [1.29, 1.82) is 0 Å². The van der Waals surface area contributed by atoms with Crippen molar-refractivity contribution in [2.24, 2.45) is 0 Å². The van der Waals surface area contributed by atoms with Crippen LogP contribution in [0.5, 0.6) is 0 Å². The fourth-order valence-corrected chi connectivity index (χ4v) is 4.57. The van der Waals surface area contributed by atoms with Gasteiger partial charge in [-0.3, -0.25) is 4.72 Å². The largest absolute Gasteiger partial charge is 0.383 e. The predicted molar refractivity (Wildman–Crippen MR) is 110 cm³/mol. The van der Waals surface area contributed by atoms with Crippen LogP contribution in [0.15, 0.2) is 65.8 Å². The molecule has 7 nitrogen and oxygen atoms in total. The molecule has 0 bridgehead atoms. The second kappa shape index (κ2) is 6.81. The summed E-state index contributed by atoms with van der Waals surface area (Å²) in [6.45, 7) is 1.81. The quantitative estimate of drug-likeness (QED) is 0.530. The van der Waals surface area contributed by atoms with Crippen molar-refractivity contribution in [3.05, 3.63) is 71.5 Å². The van der Waals surface area contributed by atoms with E-state index in [0.29, 0.717) is 22.7 Å². The minimum absolute atomic E-state index is 0.0257. The van der Waals surface area contributed by atoms with E-state index in [1.165, 1.54) is 12.1 Å². The summed E-state index contributed by atoms with van der Waals surface area (Å²) < 4.78 is 29.5. The highest BCUT2D eigenvalue weighted by Crippen LogP contribution is 2.30. The number of aryl methyl sites for hydroxylation is 1. The van der Waals surface area contributed by atoms with Gasteiger partial charge in [-0.2, -0.15) is 9.61 Å². The van der Waals surface area contributed by atoms with Crippen LogP contribution in [-0.2, 0) is 10.0 Å². The minimum atomic E-state index is -3.81. The number of nitrogen functional groups attached to an aromatic ring is 1. The average Bonchev–Trinajstić information content (AvgIpc) is 3.14. The van der Waals surface area contributed by atoms with Gasteiger partial charge in [0.25, 0.3) is 10.0 Å². The van der Waals surface area contributed by atoms with Crippen LogP contribution in [0.2, 0.25) is 5.02 Å². The molecular weight excluding hydrogens is 398 g/mol. The van der Waals surface area contributed by atoms with Gasteiger partial charge in [0.2, 0.25) is 0 Å². The Morgan fingerprint density at radius 3 is 2.68 bits per heavy atom. The lowest BCUT2D eigenvalue weighted by Crippen LogP contribution is -2.14. The van der Waals surface area contributed by atoms with E-state index in [2.05, 4.69) is 14.8 Å². The number of hydrogen-bond acceptors (Lipinski definition) is 5. The maximum absolute atomic E-state index is 12.7. The van der Waals surface area contributed by atoms with Crippen LogP contribution in [-0.4, -0.2) is 23.0 Å². The van der Waals surface area contributed by atoms with E-state index in [0.717, 1.165) is 11.1 Å². The van der Waals surface area contributed by atoms with E-state index in [1.54, 1.807) is 47.2 Å². The van der Waals surface area contributed by atoms with Gasteiger partial charge in [0.1, 0.15) is 10.7 Å². The third-order valence-electron chi connectivity index (χ3n) is 4.36. The average molecular weight is 414 g/mol. The Balaban J connectivity index is 1.70. The fourth-order valence-electron chi connectivity index (χ4n) is 2.92. The summed E-state index contributed by atoms with van der Waals surface area (Å²) in [6.07, 6.45) is 3.30. The summed E-state index contributed by atoms with van der Waals surface area (Å²) >= 11 is 6.03. The third kappa shape index (κ3) is 3.17. The number of fused-ring (bicyclic) bond motifs is 1. The number of nitrogens with one attached hydrogen (secondary N) is 1. The van der Waals surface area contributed by atoms with Crippen LogP contribution in [0.3, 0.4) is 0 Å². The summed E-state index contributed by atoms with van der Waals surface area (Å²) in [4.78, 5) is 4.36. The first-order valence-electron chi connectivity index (χ1n) is 8.33. The van der Waals surface area contributed by atoms with E-state index >= 15 is 0 Å². The van der Waals surface area contributed by atoms with Gasteiger partial charge in [0, 0.05) is 17.8 Å². The molecule has 0 aliphatic rings. The number of sulfonamides is 1. The van der Waals surface area contributed by atoms with Crippen molar-refractivity contribution in [3.8, 4) is 11.1 Å². The van der Waals surface area contributed by atoms with Gasteiger partial charge in [-0.1, -0.05) is 29.8 Å². The van der Waals surface area contributed by atoms with Gasteiger partial charge in [-0.25, -0.2) is 13.4 Å². The topological polar surface area (TPSA) is 102 Å². The van der Waals surface area contributed by atoms with Gasteiger partial charge >= 0.3 is 0 Å². The zero-order valence-corrected chi connectivity index (χ0v) is 16.4. The molecule has 0 saturated carbocycles. The minimum Gasteiger partial charge on any atom is -0.383 e. The predicted octanol–water partition coefficient (Wildman–Crippen LogP) is 3.74. The highest BCUT2D eigenvalue weighted by Gasteiger charge is 2.19. The first kappa shape index (κ1) is 18.3. The van der Waals surface area contributed by atoms with Crippen LogP contribution in [0.25, 0.3) is 16.8 Å². The summed E-state index contributed by atoms with van der Waals surface area (Å²) in [5.41, 5.74) is 9.57. The van der Waals surface area contributed by atoms with Crippen LogP contribution >= 0.6 is 11.6 Å². The van der Waals surface area contributed by atoms with Crippen molar-refractivity contribution < 1.29 is 8.42 Å². The molecule has 2 heterocycles. The van der Waals surface area contributed by atoms with Gasteiger partial charge < -0.3 is 5.73 Å². The van der Waals surface area contributed by atoms with E-state index < -0.39 is 10.0 Å². The second-order valence-corrected chi connectivity index (χ2v) is 8.28. The molecule has 142 valence electrons. The fraction of sp³-hybridized carbons (Fsp3) is 0.0526. The molecule has 0 atom stereocenters. The normalized spacial score (nSPS) is 11.6. The molecule has 9 heteroatoms. The first-order valence-corrected chi connectivity index (χ1v) is 10.2. The number of nitrogens with two attached hydrogens (primary N) is 1. The summed E-state index contributed by atoms with van der Waals surface area (Å²) in [7, 11) is -3.81. The summed E-state index contributed by atoms with van der Waals surface area (Å²) in [5, 5.41) is 4.32. The van der Waals surface area contributed by atoms with E-state index in [-0.39, 0.29) is 9.92 Å². The molecule has 0 radical (unpaired) electrons. The van der Waals surface area contributed by atoms with Gasteiger partial charge in [-0.05, 0) is 42.3 Å². The monoisotopic (exact) mass is 413 g/mol. The standard InChI is InChI=1S/C19H16ClN5O2S/c1-12-10-13(14-11-22-18-8-9-23-25(18)19(14)21)6-7-16(12)24-28(26,27)17-5-3-2-4-15(17)20/h2-11,24H,21H2,1H3. The Morgan fingerprint density at radius 2 is 1.93 bits per heavy atom. The molecule has 0 saturated heterocycles. The molecule has 4 rings (SSSR count). The van der Waals surface area contributed by atoms with Crippen molar-refractivity contribution in [3.63, 3.8) is 0 Å². The van der Waals surface area contributed by atoms with Crippen molar-refractivity contribution in [2.75, 3.05) is 10.5 Å². The Kier molecular flexibility index (Phi) is 4.44. The smallest absolute Gasteiger partial charge is 0.263 e. The number of anilines is 2. The molecule has 0 aliphatic heterocycles. The summed E-state index contributed by atoms with van der Waals surface area (Å²) in [5.74, 6) is 0.457. The first-order chi connectivity index (χ1) is 13.4. The Bertz CT molecular complexity index is 1300. The van der Waals surface area contributed by atoms with Crippen LogP contribution in [0.4, 0.5) is 11.5 Å². The van der Waals surface area contributed by atoms with Gasteiger partial charge in [0.05, 0.1) is 16.9 Å².